The summed E-state index contributed by atoms with van der Waals surface area (Å²) in [6.07, 6.45) is 3.54. The van der Waals surface area contributed by atoms with Crippen molar-refractivity contribution in [1.82, 2.24) is 25.0 Å². The maximum atomic E-state index is 13.5. The van der Waals surface area contributed by atoms with Gasteiger partial charge in [0.2, 0.25) is 5.91 Å². The highest BCUT2D eigenvalue weighted by molar-refractivity contribution is 7.85. The summed E-state index contributed by atoms with van der Waals surface area (Å²) in [7, 11) is 4.92. The van der Waals surface area contributed by atoms with Gasteiger partial charge in [-0.2, -0.15) is 0 Å². The van der Waals surface area contributed by atoms with Gasteiger partial charge in [-0.25, -0.2) is 14.0 Å². The number of hydrogen-bond acceptors (Lipinski definition) is 12. The Balaban J connectivity index is 1.11. The number of carbonyl (C=O) groups excluding carboxylic acids is 3. The van der Waals surface area contributed by atoms with Gasteiger partial charge >= 0.3 is 12.0 Å². The van der Waals surface area contributed by atoms with Crippen molar-refractivity contribution in [2.45, 2.75) is 45.1 Å². The third-order valence-corrected chi connectivity index (χ3v) is 12.1. The van der Waals surface area contributed by atoms with E-state index in [0.717, 1.165) is 5.56 Å². The number of rotatable bonds is 19. The van der Waals surface area contributed by atoms with E-state index in [-0.39, 0.29) is 30.1 Å². The van der Waals surface area contributed by atoms with Gasteiger partial charge in [0, 0.05) is 86.7 Å². The molecule has 19 heteroatoms. The SMILES string of the molecule is COc1cc(Nc2cc(Oc3ccc(N(C(N)=O)c4cc(C(C)(C)C)cc(NS(C)=O)c4OC)c4ccccc34)ccn2)ccc1C(=O)NCCN1CCN(C(=O)CC[C@@H](C(=O)O)N(C)C)CC1. The fourth-order valence-corrected chi connectivity index (χ4v) is 8.46. The molecule has 1 saturated heterocycles. The van der Waals surface area contributed by atoms with Gasteiger partial charge in [0.25, 0.3) is 5.91 Å². The quantitative estimate of drug-likeness (QED) is 0.0584. The van der Waals surface area contributed by atoms with Gasteiger partial charge < -0.3 is 45.3 Å². The van der Waals surface area contributed by atoms with Crippen LogP contribution in [-0.2, 0) is 26.0 Å². The lowest BCUT2D eigenvalue weighted by molar-refractivity contribution is -0.143. The zero-order valence-corrected chi connectivity index (χ0v) is 40.6. The number of hydrogen-bond donors (Lipinski definition) is 5. The molecule has 5 aromatic rings. The molecule has 1 unspecified atom stereocenters. The first kappa shape index (κ1) is 50.5. The number of anilines is 5. The molecule has 2 atom stereocenters. The van der Waals surface area contributed by atoms with Crippen molar-refractivity contribution in [2.24, 2.45) is 5.73 Å². The molecule has 6 N–H and O–H groups in total. The number of carboxylic acid groups (broad SMARTS) is 1. The minimum absolute atomic E-state index is 0.0533. The second kappa shape index (κ2) is 22.2. The average molecular weight is 952 g/mol. The second-order valence-electron chi connectivity index (χ2n) is 17.5. The van der Waals surface area contributed by atoms with Crippen molar-refractivity contribution in [3.05, 3.63) is 96.2 Å². The van der Waals surface area contributed by atoms with Crippen LogP contribution in [0.15, 0.2) is 85.1 Å². The zero-order chi connectivity index (χ0) is 49.3. The third kappa shape index (κ3) is 12.3. The summed E-state index contributed by atoms with van der Waals surface area (Å²) in [6, 6.07) is 21.8. The number of primary amides is 1. The third-order valence-electron chi connectivity index (χ3n) is 11.6. The van der Waals surface area contributed by atoms with Crippen molar-refractivity contribution >= 4 is 74.1 Å². The maximum absolute atomic E-state index is 13.5. The Morgan fingerprint density at radius 1 is 0.897 bits per heavy atom. The molecule has 6 rings (SSSR count). The summed E-state index contributed by atoms with van der Waals surface area (Å²) in [5.41, 5.74) is 8.93. The first-order chi connectivity index (χ1) is 32.4. The summed E-state index contributed by atoms with van der Waals surface area (Å²) >= 11 is 0. The lowest BCUT2D eigenvalue weighted by Crippen LogP contribution is -2.50. The molecule has 68 heavy (non-hydrogen) atoms. The number of carboxylic acids is 1. The van der Waals surface area contributed by atoms with Gasteiger partial charge in [-0.3, -0.25) is 29.1 Å². The van der Waals surface area contributed by atoms with E-state index in [1.54, 1.807) is 72.6 Å². The smallest absolute Gasteiger partial charge is 0.324 e. The van der Waals surface area contributed by atoms with E-state index < -0.39 is 29.0 Å². The van der Waals surface area contributed by atoms with Gasteiger partial charge in [-0.05, 0) is 74.0 Å². The minimum Gasteiger partial charge on any atom is -0.496 e. The average Bonchev–Trinajstić information content (AvgIpc) is 3.29. The Labute approximate surface area is 399 Å². The number of nitrogens with zero attached hydrogens (tertiary/aromatic N) is 5. The van der Waals surface area contributed by atoms with Crippen LogP contribution >= 0.6 is 0 Å². The number of urea groups is 1. The molecule has 1 aliphatic heterocycles. The minimum atomic E-state index is -1.44. The number of piperazine rings is 1. The first-order valence-electron chi connectivity index (χ1n) is 22.1. The molecular formula is C49H61N9O9S. The van der Waals surface area contributed by atoms with E-state index in [2.05, 4.69) is 25.2 Å². The normalized spacial score (nSPS) is 13.9. The van der Waals surface area contributed by atoms with Crippen molar-refractivity contribution in [1.29, 1.82) is 0 Å². The molecule has 18 nitrogen and oxygen atoms in total. The van der Waals surface area contributed by atoms with E-state index in [0.29, 0.717) is 107 Å². The van der Waals surface area contributed by atoms with E-state index >= 15 is 0 Å². The van der Waals surface area contributed by atoms with Crippen molar-refractivity contribution in [2.75, 3.05) is 88.8 Å². The molecule has 0 aliphatic carbocycles. The number of aliphatic carboxylic acids is 1. The zero-order valence-electron chi connectivity index (χ0n) is 39.8. The Morgan fingerprint density at radius 2 is 1.62 bits per heavy atom. The summed E-state index contributed by atoms with van der Waals surface area (Å²) in [5, 5.41) is 17.0. The summed E-state index contributed by atoms with van der Waals surface area (Å²) in [6.45, 7) is 9.46. The number of nitrogens with two attached hydrogens (primary N) is 1. The van der Waals surface area contributed by atoms with Crippen molar-refractivity contribution in [3.63, 3.8) is 0 Å². The van der Waals surface area contributed by atoms with Crippen LogP contribution in [0.4, 0.5) is 33.4 Å². The number of benzene rings is 4. The van der Waals surface area contributed by atoms with Crippen LogP contribution in [0.1, 0.15) is 49.5 Å². The first-order valence-corrected chi connectivity index (χ1v) is 23.6. The van der Waals surface area contributed by atoms with Crippen LogP contribution in [0.25, 0.3) is 10.8 Å². The molecule has 0 saturated carbocycles. The number of aromatic nitrogens is 1. The molecule has 0 spiro atoms. The lowest BCUT2D eigenvalue weighted by atomic mass is 9.86. The number of fused-ring (bicyclic) bond motifs is 1. The van der Waals surface area contributed by atoms with Crippen molar-refractivity contribution < 1.29 is 42.7 Å². The Morgan fingerprint density at radius 3 is 2.25 bits per heavy atom. The summed E-state index contributed by atoms with van der Waals surface area (Å²) < 4.78 is 33.2. The highest BCUT2D eigenvalue weighted by Gasteiger charge is 2.29. The molecule has 0 bridgehead atoms. The van der Waals surface area contributed by atoms with Crippen LogP contribution < -0.4 is 40.2 Å². The van der Waals surface area contributed by atoms with Gasteiger partial charge in [0.1, 0.15) is 40.1 Å². The maximum Gasteiger partial charge on any atom is 0.324 e. The van der Waals surface area contributed by atoms with E-state index in [1.807, 2.05) is 57.2 Å². The number of amides is 4. The molecular weight excluding hydrogens is 891 g/mol. The molecule has 2 heterocycles. The molecule has 1 aliphatic rings. The number of methoxy groups -OCH3 is 2. The highest BCUT2D eigenvalue weighted by atomic mass is 32.2. The predicted octanol–water partition coefficient (Wildman–Crippen LogP) is 6.68. The number of ether oxygens (including phenoxy) is 3. The fraction of sp³-hybridized carbons (Fsp3) is 0.367. The molecule has 1 fully saturated rings. The number of pyridine rings is 1. The van der Waals surface area contributed by atoms with Gasteiger partial charge in [0.15, 0.2) is 5.75 Å². The number of likely N-dealkylation sites (N-methyl/N-ethyl adjacent to an activating group) is 1. The van der Waals surface area contributed by atoms with Gasteiger partial charge in [-0.1, -0.05) is 45.0 Å². The second-order valence-corrected chi connectivity index (χ2v) is 18.7. The number of carbonyl (C=O) groups is 4. The van der Waals surface area contributed by atoms with Crippen LogP contribution in [-0.4, -0.2) is 133 Å². The van der Waals surface area contributed by atoms with Crippen LogP contribution in [0.3, 0.4) is 0 Å². The summed E-state index contributed by atoms with van der Waals surface area (Å²) in [4.78, 5) is 62.4. The molecule has 4 amide bonds. The Kier molecular flexibility index (Phi) is 16.5. The number of nitrogens with one attached hydrogen (secondary N) is 3. The van der Waals surface area contributed by atoms with E-state index in [4.69, 9.17) is 19.9 Å². The highest BCUT2D eigenvalue weighted by Crippen LogP contribution is 2.46. The molecule has 0 radical (unpaired) electrons. The summed E-state index contributed by atoms with van der Waals surface area (Å²) in [5.74, 6) is 0.803. The van der Waals surface area contributed by atoms with Crippen LogP contribution in [0.2, 0.25) is 0 Å². The monoisotopic (exact) mass is 951 g/mol. The van der Waals surface area contributed by atoms with Gasteiger partial charge in [0.05, 0.1) is 36.8 Å². The van der Waals surface area contributed by atoms with Gasteiger partial charge in [-0.15, -0.1) is 0 Å². The topological polar surface area (TPSA) is 221 Å². The van der Waals surface area contributed by atoms with E-state index in [9.17, 15) is 28.5 Å². The predicted molar refractivity (Wildman–Crippen MR) is 265 cm³/mol. The lowest BCUT2D eigenvalue weighted by Gasteiger charge is -2.35. The van der Waals surface area contributed by atoms with Crippen LogP contribution in [0, 0.1) is 0 Å². The van der Waals surface area contributed by atoms with Crippen LogP contribution in [0.5, 0.6) is 23.0 Å². The fourth-order valence-electron chi connectivity index (χ4n) is 8.00. The molecule has 1 aromatic heterocycles. The standard InChI is InChI=1S/C49H61N9O9S/c1-49(2,3)31-27-37(54-68(8)64)45(66-7)40(28-31)58(48(50)63)38-15-17-41(35-12-10-9-11-34(35)38)67-33-19-20-51-43(30-33)53-32-13-14-36(42(29-32)65-6)46(60)52-21-22-56-23-25-57(26-24-56)44(59)18-16-39(47(61)62)55(4)5/h9-15,17,19-20,27-30,39,54H,16,18,21-26H2,1-8H3,(H2,50,63)(H,51,53)(H,52,60)(H,61,62)/t39-,68?/m0/s1. The Hall–Kier alpha value is -6.96. The largest absolute Gasteiger partial charge is 0.496 e. The van der Waals surface area contributed by atoms with Crippen molar-refractivity contribution in [3.8, 4) is 23.0 Å². The molecule has 4 aromatic carbocycles. The van der Waals surface area contributed by atoms with E-state index in [1.165, 1.54) is 25.4 Å². The Bertz CT molecular complexity index is 2670. The molecule has 362 valence electrons.